The number of para-hydroxylation sites is 1. The van der Waals surface area contributed by atoms with Crippen LogP contribution in [0, 0.1) is 0 Å². The minimum atomic E-state index is -0.134. The zero-order valence-electron chi connectivity index (χ0n) is 34.3. The molecule has 0 saturated carbocycles. The van der Waals surface area contributed by atoms with E-state index in [1.807, 2.05) is 0 Å². The van der Waals surface area contributed by atoms with Crippen LogP contribution in [0.3, 0.4) is 0 Å². The summed E-state index contributed by atoms with van der Waals surface area (Å²) in [4.78, 5) is 5.22. The van der Waals surface area contributed by atoms with Crippen LogP contribution in [0.5, 0.6) is 11.5 Å². The van der Waals surface area contributed by atoms with Crippen LogP contribution in [-0.2, 0) is 21.7 Å². The Hall–Kier alpha value is -5.22. The van der Waals surface area contributed by atoms with Crippen LogP contribution in [0.25, 0.3) is 22.3 Å². The van der Waals surface area contributed by atoms with E-state index >= 15 is 0 Å². The number of anilines is 5. The van der Waals surface area contributed by atoms with Gasteiger partial charge in [-0.15, -0.1) is 0 Å². The van der Waals surface area contributed by atoms with Gasteiger partial charge in [0.2, 0.25) is 0 Å². The van der Waals surface area contributed by atoms with Crippen molar-refractivity contribution in [3.8, 4) is 33.8 Å². The topological polar surface area (TPSA) is 15.7 Å². The highest BCUT2D eigenvalue weighted by molar-refractivity contribution is 6.92. The minimum absolute atomic E-state index is 0.0203. The van der Waals surface area contributed by atoms with Gasteiger partial charge in [-0.25, -0.2) is 0 Å². The van der Waals surface area contributed by atoms with E-state index in [4.69, 9.17) is 4.74 Å². The maximum Gasteiger partial charge on any atom is 0.336 e. The molecule has 55 heavy (non-hydrogen) atoms. The molecule has 274 valence electrons. The number of ether oxygens (including phenoxy) is 1. The van der Waals surface area contributed by atoms with Crippen molar-refractivity contribution in [2.24, 2.45) is 0 Å². The molecule has 0 unspecified atom stereocenters. The molecule has 0 radical (unpaired) electrons. The number of fused-ring (bicyclic) bond motifs is 9. The molecule has 3 aliphatic heterocycles. The van der Waals surface area contributed by atoms with Crippen molar-refractivity contribution in [2.45, 2.75) is 97.8 Å². The fourth-order valence-electron chi connectivity index (χ4n) is 9.67. The number of benzene rings is 6. The minimum Gasteiger partial charge on any atom is -0.458 e. The smallest absolute Gasteiger partial charge is 0.336 e. The average molecular weight is 719 g/mol. The number of rotatable bonds is 1. The lowest BCUT2D eigenvalue weighted by atomic mass is 9.43. The maximum absolute atomic E-state index is 7.23. The maximum atomic E-state index is 7.23. The Morgan fingerprint density at radius 2 is 1.15 bits per heavy atom. The first-order chi connectivity index (χ1) is 25.9. The molecule has 0 N–H and O–H groups in total. The molecule has 0 aromatic heterocycles. The Bertz CT molecular complexity index is 2610. The zero-order chi connectivity index (χ0) is 38.6. The fraction of sp³-hybridized carbons (Fsp3) is 0.294. The molecule has 3 nitrogen and oxygen atoms in total. The third-order valence-corrected chi connectivity index (χ3v) is 12.9. The molecule has 3 heterocycles. The predicted octanol–water partition coefficient (Wildman–Crippen LogP) is 12.7. The monoisotopic (exact) mass is 718 g/mol. The molecular weight excluding hydrogens is 667 g/mol. The van der Waals surface area contributed by atoms with Gasteiger partial charge < -0.3 is 14.4 Å². The number of hydrogen-bond acceptors (Lipinski definition) is 3. The first-order valence-electron chi connectivity index (χ1n) is 20.1. The van der Waals surface area contributed by atoms with Gasteiger partial charge in [-0.05, 0) is 115 Å². The lowest BCUT2D eigenvalue weighted by Gasteiger charge is -2.49. The van der Waals surface area contributed by atoms with Gasteiger partial charge in [-0.2, -0.15) is 0 Å². The van der Waals surface area contributed by atoms with E-state index in [2.05, 4.69) is 195 Å². The van der Waals surface area contributed by atoms with E-state index < -0.39 is 0 Å². The van der Waals surface area contributed by atoms with Crippen LogP contribution in [0.1, 0.15) is 104 Å². The molecule has 4 aliphatic rings. The molecule has 0 atom stereocenters. The van der Waals surface area contributed by atoms with Crippen LogP contribution in [0.15, 0.2) is 109 Å². The summed E-state index contributed by atoms with van der Waals surface area (Å²) in [5, 5.41) is 0. The largest absolute Gasteiger partial charge is 0.458 e. The summed E-state index contributed by atoms with van der Waals surface area (Å²) in [6.45, 7) is 25.6. The van der Waals surface area contributed by atoms with Gasteiger partial charge in [-0.3, -0.25) is 0 Å². The lowest BCUT2D eigenvalue weighted by Crippen LogP contribution is -2.61. The van der Waals surface area contributed by atoms with Gasteiger partial charge in [0.1, 0.15) is 11.5 Å². The van der Waals surface area contributed by atoms with Gasteiger partial charge in [-0.1, -0.05) is 137 Å². The van der Waals surface area contributed by atoms with E-state index in [1.54, 1.807) is 0 Å². The van der Waals surface area contributed by atoms with Crippen LogP contribution in [0.2, 0.25) is 0 Å². The third kappa shape index (κ3) is 4.82. The van der Waals surface area contributed by atoms with Crippen LogP contribution < -0.4 is 25.4 Å². The van der Waals surface area contributed by atoms with Crippen molar-refractivity contribution in [2.75, 3.05) is 9.71 Å². The summed E-state index contributed by atoms with van der Waals surface area (Å²) in [6, 6.07) is 41.8. The first-order valence-corrected chi connectivity index (χ1v) is 20.1. The summed E-state index contributed by atoms with van der Waals surface area (Å²) in [6.07, 6.45) is 0. The standard InChI is InChI=1S/C51H51BN2O/c1-48(2,3)30-21-22-41-42(25-30)53(33-17-13-12-14-18-33)43-26-31(49(4,5)6)24-37-36-23-32(50(7,8)9)27-45-46(36)52(54(41)47(37)43)40-29-39-35(28-44(40)55-45)34-19-15-16-20-38(34)51(39,10)11/h12-29H,1-11H3. The summed E-state index contributed by atoms with van der Waals surface area (Å²) in [5.41, 5.74) is 20.1. The Kier molecular flexibility index (Phi) is 6.84. The van der Waals surface area contributed by atoms with Gasteiger partial charge in [0, 0.05) is 22.1 Å². The second-order valence-corrected chi connectivity index (χ2v) is 19.9. The summed E-state index contributed by atoms with van der Waals surface area (Å²) < 4.78 is 7.23. The Morgan fingerprint density at radius 1 is 0.509 bits per heavy atom. The molecule has 6 aromatic carbocycles. The van der Waals surface area contributed by atoms with E-state index in [9.17, 15) is 0 Å². The van der Waals surface area contributed by atoms with Crippen molar-refractivity contribution in [3.63, 3.8) is 0 Å². The molecule has 0 spiro atoms. The normalized spacial score (nSPS) is 15.7. The summed E-state index contributed by atoms with van der Waals surface area (Å²) in [7, 11) is 0. The molecule has 6 aromatic rings. The zero-order valence-corrected chi connectivity index (χ0v) is 34.3. The van der Waals surface area contributed by atoms with Crippen molar-refractivity contribution in [1.29, 1.82) is 0 Å². The van der Waals surface area contributed by atoms with Gasteiger partial charge in [0.15, 0.2) is 0 Å². The Morgan fingerprint density at radius 3 is 1.85 bits per heavy atom. The number of hydrogen-bond donors (Lipinski definition) is 0. The average Bonchev–Trinajstić information content (AvgIpc) is 3.35. The SMILES string of the molecule is CC(C)(C)c1cc2c3c(c1)-c1cc(C(C)(C)C)cc4c1N(B3c1cc3c(cc1O2)-c1ccccc1C3(C)C)c1ccc(C(C)(C)C)cc1N4c1ccccc1. The Balaban J connectivity index is 1.35. The first kappa shape index (κ1) is 34.3. The molecule has 4 heteroatoms. The van der Waals surface area contributed by atoms with Crippen molar-refractivity contribution >= 4 is 46.2 Å². The lowest BCUT2D eigenvalue weighted by molar-refractivity contribution is 0.483. The van der Waals surface area contributed by atoms with E-state index in [0.717, 1.165) is 11.5 Å². The second kappa shape index (κ2) is 11.0. The van der Waals surface area contributed by atoms with Crippen molar-refractivity contribution < 1.29 is 4.74 Å². The van der Waals surface area contributed by atoms with Crippen LogP contribution in [-0.4, -0.2) is 6.85 Å². The highest BCUT2D eigenvalue weighted by Gasteiger charge is 2.50. The quantitative estimate of drug-likeness (QED) is 0.157. The molecule has 0 fully saturated rings. The third-order valence-electron chi connectivity index (χ3n) is 12.9. The van der Waals surface area contributed by atoms with Gasteiger partial charge in [0.05, 0.1) is 22.7 Å². The predicted molar refractivity (Wildman–Crippen MR) is 234 cm³/mol. The van der Waals surface area contributed by atoms with Gasteiger partial charge in [0.25, 0.3) is 0 Å². The van der Waals surface area contributed by atoms with Gasteiger partial charge >= 0.3 is 6.85 Å². The fourth-order valence-corrected chi connectivity index (χ4v) is 9.67. The van der Waals surface area contributed by atoms with E-state index in [0.29, 0.717) is 0 Å². The van der Waals surface area contributed by atoms with Crippen molar-refractivity contribution in [1.82, 2.24) is 0 Å². The van der Waals surface area contributed by atoms with E-state index in [-0.39, 0.29) is 28.5 Å². The van der Waals surface area contributed by atoms with Crippen LogP contribution >= 0.6 is 0 Å². The molecular formula is C51H51BN2O. The van der Waals surface area contributed by atoms with Crippen molar-refractivity contribution in [3.05, 3.63) is 137 Å². The molecule has 0 bridgehead atoms. The highest BCUT2D eigenvalue weighted by Crippen LogP contribution is 2.60. The van der Waals surface area contributed by atoms with Crippen LogP contribution in [0.4, 0.5) is 28.4 Å². The second-order valence-electron chi connectivity index (χ2n) is 19.9. The Labute approximate surface area is 328 Å². The highest BCUT2D eigenvalue weighted by atomic mass is 16.5. The van der Waals surface area contributed by atoms with E-state index in [1.165, 1.54) is 89.4 Å². The number of nitrogens with zero attached hydrogens (tertiary/aromatic N) is 2. The molecule has 1 aliphatic carbocycles. The summed E-state index contributed by atoms with van der Waals surface area (Å²) >= 11 is 0. The molecule has 0 saturated heterocycles. The molecule has 10 rings (SSSR count). The molecule has 0 amide bonds. The summed E-state index contributed by atoms with van der Waals surface area (Å²) in [5.74, 6) is 1.92.